The number of nitrogens with zero attached hydrogens (tertiary/aromatic N) is 3. The Morgan fingerprint density at radius 1 is 1.47 bits per heavy atom. The second-order valence-electron chi connectivity index (χ2n) is 2.97. The first-order chi connectivity index (χ1) is 7.70. The average molecular weight is 237 g/mol. The summed E-state index contributed by atoms with van der Waals surface area (Å²) in [6, 6.07) is -0.863. The fourth-order valence-electron chi connectivity index (χ4n) is 0.930. The number of carboxylic acid groups (broad SMARTS) is 1. The molecule has 0 aromatic carbocycles. The van der Waals surface area contributed by atoms with E-state index in [9.17, 15) is 4.79 Å². The van der Waals surface area contributed by atoms with Crippen LogP contribution in [0.5, 0.6) is 0 Å². The minimum atomic E-state index is -1.01. The molecule has 8 nitrogen and oxygen atoms in total. The molecule has 0 spiro atoms. The number of carbonyl (C=O) groups is 1. The summed E-state index contributed by atoms with van der Waals surface area (Å²) in [6.45, 7) is 0. The lowest BCUT2D eigenvalue weighted by atomic mass is 10.2. The first-order valence-electron chi connectivity index (χ1n) is 4.59. The van der Waals surface area contributed by atoms with Gasteiger partial charge in [-0.25, -0.2) is 9.97 Å². The van der Waals surface area contributed by atoms with Crippen LogP contribution in [0.2, 0.25) is 0 Å². The molecule has 0 aliphatic rings. The summed E-state index contributed by atoms with van der Waals surface area (Å²) in [4.78, 5) is 23.2. The van der Waals surface area contributed by atoms with Crippen LogP contribution in [0.3, 0.4) is 0 Å². The number of nitrogens with two attached hydrogens (primary N) is 1. The van der Waals surface area contributed by atoms with Gasteiger partial charge in [-0.2, -0.15) is 0 Å². The van der Waals surface area contributed by atoms with Crippen LogP contribution in [0.1, 0.15) is 5.69 Å². The molecular weight excluding hydrogens is 224 g/mol. The number of aromatic nitrogens is 4. The van der Waals surface area contributed by atoms with E-state index in [0.29, 0.717) is 5.69 Å². The Labute approximate surface area is 97.9 Å². The van der Waals surface area contributed by atoms with Crippen molar-refractivity contribution in [3.05, 3.63) is 36.9 Å². The Balaban J connectivity index is 0.000000360. The number of hydrogen-bond donors (Lipinski definition) is 4. The lowest BCUT2D eigenvalue weighted by molar-refractivity contribution is -0.138. The summed E-state index contributed by atoms with van der Waals surface area (Å²) < 4.78 is 0. The molecular formula is C9H13N6O2. The van der Waals surface area contributed by atoms with E-state index < -0.39 is 12.0 Å². The largest absolute Gasteiger partial charge is 0.480 e. The van der Waals surface area contributed by atoms with Gasteiger partial charge in [-0.05, 0) is 0 Å². The van der Waals surface area contributed by atoms with Crippen LogP contribution in [-0.4, -0.2) is 37.1 Å². The fourth-order valence-corrected chi connectivity index (χ4v) is 0.930. The van der Waals surface area contributed by atoms with Gasteiger partial charge < -0.3 is 20.8 Å². The Morgan fingerprint density at radius 2 is 2.24 bits per heavy atom. The zero-order valence-corrected chi connectivity index (χ0v) is 8.95. The van der Waals surface area contributed by atoms with Crippen molar-refractivity contribution < 1.29 is 9.90 Å². The minimum absolute atomic E-state index is 0. The van der Waals surface area contributed by atoms with Gasteiger partial charge >= 0.3 is 5.97 Å². The van der Waals surface area contributed by atoms with E-state index >= 15 is 0 Å². The summed E-state index contributed by atoms with van der Waals surface area (Å²) in [7, 11) is 0. The molecule has 0 bridgehead atoms. The molecule has 17 heavy (non-hydrogen) atoms. The van der Waals surface area contributed by atoms with Crippen LogP contribution in [0, 0.1) is 0 Å². The van der Waals surface area contributed by atoms with Gasteiger partial charge in [0.05, 0.1) is 18.3 Å². The molecule has 0 unspecified atom stereocenters. The van der Waals surface area contributed by atoms with Crippen LogP contribution >= 0.6 is 0 Å². The van der Waals surface area contributed by atoms with Gasteiger partial charge in [0.2, 0.25) is 0 Å². The highest BCUT2D eigenvalue weighted by Gasteiger charge is 2.12. The third-order valence-corrected chi connectivity index (χ3v) is 1.71. The average Bonchev–Trinajstić information content (AvgIpc) is 2.92. The first kappa shape index (κ1) is 14.8. The summed E-state index contributed by atoms with van der Waals surface area (Å²) in [5.41, 5.74) is 5.92. The number of carboxylic acids is 1. The van der Waals surface area contributed by atoms with Crippen LogP contribution < -0.4 is 11.9 Å². The zero-order chi connectivity index (χ0) is 11.8. The van der Waals surface area contributed by atoms with Crippen molar-refractivity contribution in [1.82, 2.24) is 26.1 Å². The van der Waals surface area contributed by atoms with Gasteiger partial charge in [0.25, 0.3) is 0 Å². The van der Waals surface area contributed by atoms with Gasteiger partial charge in [0, 0.05) is 31.2 Å². The molecule has 0 saturated heterocycles. The number of imidazole rings is 2. The summed E-state index contributed by atoms with van der Waals surface area (Å²) in [5, 5.41) is 8.42. The van der Waals surface area contributed by atoms with Crippen molar-refractivity contribution in [2.24, 2.45) is 5.73 Å². The quantitative estimate of drug-likeness (QED) is 0.555. The Morgan fingerprint density at radius 3 is 2.59 bits per heavy atom. The van der Waals surface area contributed by atoms with Crippen LogP contribution in [-0.2, 0) is 11.2 Å². The third-order valence-electron chi connectivity index (χ3n) is 1.71. The first-order valence-corrected chi connectivity index (χ1v) is 4.59. The van der Waals surface area contributed by atoms with E-state index in [-0.39, 0.29) is 12.6 Å². The van der Waals surface area contributed by atoms with Crippen LogP contribution in [0.25, 0.3) is 0 Å². The van der Waals surface area contributed by atoms with Crippen molar-refractivity contribution in [2.75, 3.05) is 0 Å². The van der Waals surface area contributed by atoms with E-state index in [0.717, 1.165) is 0 Å². The topological polar surface area (TPSA) is 151 Å². The van der Waals surface area contributed by atoms with Gasteiger partial charge in [0.1, 0.15) is 6.04 Å². The number of aliphatic carboxylic acids is 1. The monoisotopic (exact) mass is 237 g/mol. The predicted molar refractivity (Wildman–Crippen MR) is 58.6 cm³/mol. The number of rotatable bonds is 3. The van der Waals surface area contributed by atoms with E-state index in [4.69, 9.17) is 10.8 Å². The molecule has 1 atom stereocenters. The lowest BCUT2D eigenvalue weighted by Crippen LogP contribution is -2.32. The van der Waals surface area contributed by atoms with Crippen molar-refractivity contribution >= 4 is 5.97 Å². The van der Waals surface area contributed by atoms with Gasteiger partial charge in [-0.15, -0.1) is 0 Å². The Kier molecular flexibility index (Phi) is 6.99. The standard InChI is InChI=1S/C6H9N3O2.C3H4N2.N/c7-5(6(10)11)1-4-2-8-3-9-4;1-2-5-3-4-1;/h2-3,5H,1,7H2,(H,8,9)(H,10,11);1-3H,(H,4,5);/t5-;;/m0../s1. The molecule has 8 heteroatoms. The molecule has 3 radical (unpaired) electrons. The summed E-state index contributed by atoms with van der Waals surface area (Å²) >= 11 is 0. The molecule has 2 aromatic heterocycles. The van der Waals surface area contributed by atoms with E-state index in [1.807, 2.05) is 0 Å². The normalized spacial score (nSPS) is 10.6. The van der Waals surface area contributed by atoms with Crippen molar-refractivity contribution in [3.63, 3.8) is 0 Å². The second kappa shape index (κ2) is 8.02. The summed E-state index contributed by atoms with van der Waals surface area (Å²) in [6.07, 6.45) is 8.46. The highest BCUT2D eigenvalue weighted by atomic mass is 16.4. The van der Waals surface area contributed by atoms with Gasteiger partial charge in [-0.1, -0.05) is 0 Å². The van der Waals surface area contributed by atoms with Gasteiger partial charge in [0.15, 0.2) is 0 Å². The Hall–Kier alpha value is -2.19. The molecule has 0 amide bonds. The number of aromatic amines is 2. The highest BCUT2D eigenvalue weighted by molar-refractivity contribution is 5.73. The molecule has 0 saturated carbocycles. The lowest BCUT2D eigenvalue weighted by Gasteiger charge is -2.01. The number of H-pyrrole nitrogens is 2. The summed E-state index contributed by atoms with van der Waals surface area (Å²) in [5.74, 6) is -1.01. The zero-order valence-electron chi connectivity index (χ0n) is 8.95. The minimum Gasteiger partial charge on any atom is -0.480 e. The van der Waals surface area contributed by atoms with Crippen LogP contribution in [0.15, 0.2) is 31.2 Å². The second-order valence-corrected chi connectivity index (χ2v) is 2.97. The molecule has 2 aromatic rings. The molecule has 0 aliphatic heterocycles. The third kappa shape index (κ3) is 6.07. The molecule has 0 fully saturated rings. The maximum Gasteiger partial charge on any atom is 0.320 e. The van der Waals surface area contributed by atoms with Crippen molar-refractivity contribution in [3.8, 4) is 0 Å². The van der Waals surface area contributed by atoms with Crippen LogP contribution in [0.4, 0.5) is 0 Å². The molecule has 5 N–H and O–H groups in total. The fraction of sp³-hybridized carbons (Fsp3) is 0.222. The smallest absolute Gasteiger partial charge is 0.320 e. The maximum atomic E-state index is 10.3. The molecule has 2 rings (SSSR count). The Bertz CT molecular complexity index is 368. The number of hydrogen-bond acceptors (Lipinski definition) is 4. The van der Waals surface area contributed by atoms with Crippen molar-refractivity contribution in [1.29, 1.82) is 0 Å². The number of nitrogens with one attached hydrogen (secondary N) is 2. The van der Waals surface area contributed by atoms with E-state index in [1.165, 1.54) is 6.33 Å². The van der Waals surface area contributed by atoms with E-state index in [2.05, 4.69) is 19.9 Å². The predicted octanol–water partition coefficient (Wildman–Crippen LogP) is -0.707. The molecule has 91 valence electrons. The SMILES string of the molecule is N[C@@H](Cc1c[nH]cn1)C(=O)O.[N].c1c[nH]cn1. The molecule has 2 heterocycles. The maximum absolute atomic E-state index is 10.3. The highest BCUT2D eigenvalue weighted by Crippen LogP contribution is 1.95. The molecule has 0 aliphatic carbocycles. The van der Waals surface area contributed by atoms with Gasteiger partial charge in [-0.3, -0.25) is 4.79 Å². The van der Waals surface area contributed by atoms with E-state index in [1.54, 1.807) is 24.9 Å². The van der Waals surface area contributed by atoms with Crippen molar-refractivity contribution in [2.45, 2.75) is 12.5 Å².